The van der Waals surface area contributed by atoms with Crippen LogP contribution in [-0.2, 0) is 11.2 Å². The van der Waals surface area contributed by atoms with Crippen molar-refractivity contribution >= 4 is 17.3 Å². The lowest BCUT2D eigenvalue weighted by Crippen LogP contribution is -2.48. The fourth-order valence-corrected chi connectivity index (χ4v) is 4.32. The zero-order chi connectivity index (χ0) is 23.5. The van der Waals surface area contributed by atoms with Crippen LogP contribution in [0, 0.1) is 0 Å². The molecule has 1 aliphatic rings. The molecule has 2 aromatic rings. The van der Waals surface area contributed by atoms with Gasteiger partial charge in [-0.05, 0) is 61.9 Å². The van der Waals surface area contributed by atoms with E-state index >= 15 is 0 Å². The number of carbonyl (C=O) groups is 1. The van der Waals surface area contributed by atoms with Crippen LogP contribution in [0.3, 0.4) is 0 Å². The Balaban J connectivity index is 1.42. The predicted molar refractivity (Wildman–Crippen MR) is 138 cm³/mol. The first kappa shape index (κ1) is 24.7. The van der Waals surface area contributed by atoms with Crippen molar-refractivity contribution in [2.24, 2.45) is 0 Å². The Kier molecular flexibility index (Phi) is 9.28. The predicted octanol–water partition coefficient (Wildman–Crippen LogP) is 4.70. The van der Waals surface area contributed by atoms with E-state index in [2.05, 4.69) is 40.8 Å². The molecule has 1 saturated heterocycles. The van der Waals surface area contributed by atoms with Crippen molar-refractivity contribution in [3.05, 3.63) is 85.5 Å². The van der Waals surface area contributed by atoms with E-state index in [0.717, 1.165) is 38.0 Å². The third-order valence-corrected chi connectivity index (χ3v) is 6.26. The molecule has 0 bridgehead atoms. The smallest absolute Gasteiger partial charge is 0.224 e. The van der Waals surface area contributed by atoms with Crippen molar-refractivity contribution in [3.63, 3.8) is 0 Å². The maximum atomic E-state index is 12.3. The minimum Gasteiger partial charge on any atom is -0.388 e. The van der Waals surface area contributed by atoms with E-state index < -0.39 is 5.60 Å². The van der Waals surface area contributed by atoms with Crippen LogP contribution >= 0.6 is 0 Å². The Morgan fingerprint density at radius 3 is 2.27 bits per heavy atom. The summed E-state index contributed by atoms with van der Waals surface area (Å²) in [6.45, 7) is 9.99. The summed E-state index contributed by atoms with van der Waals surface area (Å²) in [6, 6.07) is 18.6. The van der Waals surface area contributed by atoms with Crippen LogP contribution in [0.1, 0.15) is 37.7 Å². The Bertz CT molecular complexity index is 877. The van der Waals surface area contributed by atoms with E-state index in [1.54, 1.807) is 12.2 Å². The molecule has 5 heteroatoms. The second-order valence-corrected chi connectivity index (χ2v) is 8.93. The van der Waals surface area contributed by atoms with Gasteiger partial charge in [-0.15, -0.1) is 13.2 Å². The number of piperidine rings is 1. The quantitative estimate of drug-likeness (QED) is 0.413. The van der Waals surface area contributed by atoms with Crippen LogP contribution in [0.4, 0.5) is 11.4 Å². The highest BCUT2D eigenvalue weighted by molar-refractivity contribution is 5.91. The third kappa shape index (κ3) is 7.88. The summed E-state index contributed by atoms with van der Waals surface area (Å²) in [7, 11) is 0. The molecule has 0 saturated carbocycles. The first-order valence-corrected chi connectivity index (χ1v) is 11.9. The van der Waals surface area contributed by atoms with Gasteiger partial charge in [-0.1, -0.05) is 42.5 Å². The molecule has 1 heterocycles. The zero-order valence-corrected chi connectivity index (χ0v) is 19.5. The van der Waals surface area contributed by atoms with Crippen molar-refractivity contribution < 1.29 is 9.90 Å². The summed E-state index contributed by atoms with van der Waals surface area (Å²) in [6.07, 6.45) is 7.91. The van der Waals surface area contributed by atoms with Crippen LogP contribution in [0.15, 0.2) is 79.9 Å². The second kappa shape index (κ2) is 12.4. The SMILES string of the molecule is C=CCC(O)(CC=C)CNC1CCN(c2ccc(NC(=O)CCc3ccccc3)cc2)CC1. The summed E-state index contributed by atoms with van der Waals surface area (Å²) in [5.74, 6) is 0.0337. The Hall–Kier alpha value is -2.89. The number of aryl methyl sites for hydroxylation is 1. The molecule has 0 atom stereocenters. The standard InChI is InChI=1S/C28H37N3O2/c1-3-18-28(33,19-4-2)22-29-24-16-20-31(21-17-24)26-13-11-25(12-14-26)30-27(32)15-10-23-8-6-5-7-9-23/h3-9,11-14,24,29,33H,1-2,10,15-22H2,(H,30,32). The summed E-state index contributed by atoms with van der Waals surface area (Å²) < 4.78 is 0. The first-order chi connectivity index (χ1) is 16.0. The average molecular weight is 448 g/mol. The number of anilines is 2. The van der Waals surface area contributed by atoms with E-state index in [4.69, 9.17) is 0 Å². The molecular formula is C28H37N3O2. The van der Waals surface area contributed by atoms with Crippen molar-refractivity contribution in [3.8, 4) is 0 Å². The fraction of sp³-hybridized carbons (Fsp3) is 0.393. The zero-order valence-electron chi connectivity index (χ0n) is 19.5. The van der Waals surface area contributed by atoms with Gasteiger partial charge in [0.1, 0.15) is 0 Å². The molecule has 2 aromatic carbocycles. The van der Waals surface area contributed by atoms with Gasteiger partial charge < -0.3 is 20.6 Å². The van der Waals surface area contributed by atoms with E-state index in [1.165, 1.54) is 11.3 Å². The minimum absolute atomic E-state index is 0.0337. The lowest BCUT2D eigenvalue weighted by molar-refractivity contribution is -0.116. The summed E-state index contributed by atoms with van der Waals surface area (Å²) in [5, 5.41) is 17.2. The lowest BCUT2D eigenvalue weighted by atomic mass is 9.94. The van der Waals surface area contributed by atoms with Gasteiger partial charge in [0.2, 0.25) is 5.91 Å². The van der Waals surface area contributed by atoms with Crippen LogP contribution in [-0.4, -0.2) is 42.3 Å². The van der Waals surface area contributed by atoms with Gasteiger partial charge in [0.05, 0.1) is 5.60 Å². The van der Waals surface area contributed by atoms with Gasteiger partial charge in [0, 0.05) is 43.5 Å². The number of nitrogens with zero attached hydrogens (tertiary/aromatic N) is 1. The average Bonchev–Trinajstić information content (AvgIpc) is 2.83. The molecule has 5 nitrogen and oxygen atoms in total. The van der Waals surface area contributed by atoms with E-state index in [9.17, 15) is 9.90 Å². The number of hydrogen-bond acceptors (Lipinski definition) is 4. The van der Waals surface area contributed by atoms with E-state index in [0.29, 0.717) is 31.8 Å². The Labute approximate surface area is 198 Å². The van der Waals surface area contributed by atoms with Crippen LogP contribution in [0.2, 0.25) is 0 Å². The summed E-state index contributed by atoms with van der Waals surface area (Å²) >= 11 is 0. The molecule has 0 unspecified atom stereocenters. The maximum absolute atomic E-state index is 12.3. The van der Waals surface area contributed by atoms with Crippen LogP contribution < -0.4 is 15.5 Å². The van der Waals surface area contributed by atoms with Crippen molar-refractivity contribution in [1.82, 2.24) is 5.32 Å². The minimum atomic E-state index is -0.804. The fourth-order valence-electron chi connectivity index (χ4n) is 4.32. The summed E-state index contributed by atoms with van der Waals surface area (Å²) in [4.78, 5) is 14.6. The Morgan fingerprint density at radius 2 is 1.67 bits per heavy atom. The monoisotopic (exact) mass is 447 g/mol. The highest BCUT2D eigenvalue weighted by Crippen LogP contribution is 2.23. The second-order valence-electron chi connectivity index (χ2n) is 8.93. The van der Waals surface area contributed by atoms with Gasteiger partial charge in [-0.3, -0.25) is 4.79 Å². The Morgan fingerprint density at radius 1 is 1.03 bits per heavy atom. The van der Waals surface area contributed by atoms with Crippen molar-refractivity contribution in [1.29, 1.82) is 0 Å². The molecule has 3 N–H and O–H groups in total. The van der Waals surface area contributed by atoms with Gasteiger partial charge in [0.15, 0.2) is 0 Å². The van der Waals surface area contributed by atoms with Crippen LogP contribution in [0.5, 0.6) is 0 Å². The van der Waals surface area contributed by atoms with E-state index in [-0.39, 0.29) is 5.91 Å². The first-order valence-electron chi connectivity index (χ1n) is 11.9. The summed E-state index contributed by atoms with van der Waals surface area (Å²) in [5.41, 5.74) is 2.37. The molecule has 0 aliphatic carbocycles. The van der Waals surface area contributed by atoms with Crippen molar-refractivity contribution in [2.75, 3.05) is 29.9 Å². The van der Waals surface area contributed by atoms with Crippen LogP contribution in [0.25, 0.3) is 0 Å². The molecule has 1 amide bonds. The van der Waals surface area contributed by atoms with Crippen molar-refractivity contribution in [2.45, 2.75) is 50.2 Å². The topological polar surface area (TPSA) is 64.6 Å². The normalized spacial score (nSPS) is 14.6. The molecular weight excluding hydrogens is 410 g/mol. The number of nitrogens with one attached hydrogen (secondary N) is 2. The molecule has 1 fully saturated rings. The number of benzene rings is 2. The largest absolute Gasteiger partial charge is 0.388 e. The van der Waals surface area contributed by atoms with E-state index in [1.807, 2.05) is 42.5 Å². The molecule has 1 aliphatic heterocycles. The van der Waals surface area contributed by atoms with Gasteiger partial charge in [0.25, 0.3) is 0 Å². The molecule has 0 spiro atoms. The van der Waals surface area contributed by atoms with Gasteiger partial charge >= 0.3 is 0 Å². The maximum Gasteiger partial charge on any atom is 0.224 e. The number of aliphatic hydroxyl groups is 1. The highest BCUT2D eigenvalue weighted by atomic mass is 16.3. The number of rotatable bonds is 12. The third-order valence-electron chi connectivity index (χ3n) is 6.26. The molecule has 0 aromatic heterocycles. The lowest BCUT2D eigenvalue weighted by Gasteiger charge is -2.36. The van der Waals surface area contributed by atoms with Gasteiger partial charge in [-0.25, -0.2) is 0 Å². The number of amides is 1. The molecule has 0 radical (unpaired) electrons. The molecule has 176 valence electrons. The number of carbonyl (C=O) groups excluding carboxylic acids is 1. The molecule has 33 heavy (non-hydrogen) atoms. The molecule has 3 rings (SSSR count). The number of hydrogen-bond donors (Lipinski definition) is 3. The van der Waals surface area contributed by atoms with Gasteiger partial charge in [-0.2, -0.15) is 0 Å². The highest BCUT2D eigenvalue weighted by Gasteiger charge is 2.26.